The highest BCUT2D eigenvalue weighted by atomic mass is 32.2. The molecular formula is C12H16N2O4S. The van der Waals surface area contributed by atoms with Crippen molar-refractivity contribution in [1.82, 2.24) is 9.55 Å². The molecule has 1 fully saturated rings. The van der Waals surface area contributed by atoms with Crippen molar-refractivity contribution in [2.75, 3.05) is 19.0 Å². The molecule has 1 saturated heterocycles. The molecule has 7 heteroatoms. The number of hydrogen-bond acceptors (Lipinski definition) is 5. The Morgan fingerprint density at radius 1 is 1.74 bits per heavy atom. The Balaban J connectivity index is 2.22. The lowest BCUT2D eigenvalue weighted by molar-refractivity contribution is -0.133. The zero-order chi connectivity index (χ0) is 13.8. The monoisotopic (exact) mass is 284 g/mol. The Bertz CT molecular complexity index is 511. The van der Waals surface area contributed by atoms with Crippen LogP contribution in [0.5, 0.6) is 0 Å². The van der Waals surface area contributed by atoms with Gasteiger partial charge in [-0.3, -0.25) is 9.59 Å². The zero-order valence-corrected chi connectivity index (χ0v) is 11.4. The van der Waals surface area contributed by atoms with E-state index in [2.05, 4.69) is 4.98 Å². The predicted molar refractivity (Wildman–Crippen MR) is 70.5 cm³/mol. The van der Waals surface area contributed by atoms with Gasteiger partial charge in [0.15, 0.2) is 5.16 Å². The molecule has 0 bridgehead atoms. The van der Waals surface area contributed by atoms with Crippen LogP contribution in [-0.4, -0.2) is 39.6 Å². The number of ether oxygens (including phenoxy) is 1. The van der Waals surface area contributed by atoms with Gasteiger partial charge in [0.05, 0.1) is 12.4 Å². The van der Waals surface area contributed by atoms with E-state index in [0.29, 0.717) is 17.7 Å². The van der Waals surface area contributed by atoms with Crippen LogP contribution in [0.3, 0.4) is 0 Å². The van der Waals surface area contributed by atoms with Crippen molar-refractivity contribution < 1.29 is 14.6 Å². The highest BCUT2D eigenvalue weighted by Gasteiger charge is 2.25. The van der Waals surface area contributed by atoms with Crippen molar-refractivity contribution in [2.45, 2.75) is 24.5 Å². The van der Waals surface area contributed by atoms with Crippen LogP contribution in [0.2, 0.25) is 0 Å². The number of aromatic nitrogens is 2. The third-order valence-electron chi connectivity index (χ3n) is 3.22. The van der Waals surface area contributed by atoms with Crippen LogP contribution in [0.15, 0.2) is 22.2 Å². The highest BCUT2D eigenvalue weighted by molar-refractivity contribution is 7.99. The summed E-state index contributed by atoms with van der Waals surface area (Å²) in [5.41, 5.74) is -0.348. The van der Waals surface area contributed by atoms with E-state index in [-0.39, 0.29) is 17.4 Å². The van der Waals surface area contributed by atoms with E-state index in [1.54, 1.807) is 6.20 Å². The number of rotatable bonds is 5. The summed E-state index contributed by atoms with van der Waals surface area (Å²) in [6.45, 7) is 3.48. The molecule has 2 atom stereocenters. The number of nitrogens with zero attached hydrogens (tertiary/aromatic N) is 2. The van der Waals surface area contributed by atoms with Crippen molar-refractivity contribution in [1.29, 1.82) is 0 Å². The first-order valence-electron chi connectivity index (χ1n) is 6.09. The predicted octanol–water partition coefficient (Wildman–Crippen LogP) is 1.02. The van der Waals surface area contributed by atoms with E-state index in [0.717, 1.165) is 24.8 Å². The number of carboxylic acids is 1. The van der Waals surface area contributed by atoms with Gasteiger partial charge in [-0.1, -0.05) is 11.8 Å². The third-order valence-corrected chi connectivity index (χ3v) is 4.17. The first-order chi connectivity index (χ1) is 9.08. The standard InChI is InChI=1S/C12H16N2O4S/c1-8(9-3-5-18-6-9)14-4-2-10(15)13-12(14)19-7-11(16)17/h2,4,8-9H,3,5-7H2,1H3,(H,16,17). The van der Waals surface area contributed by atoms with Gasteiger partial charge in [0.2, 0.25) is 0 Å². The topological polar surface area (TPSA) is 81.4 Å². The Morgan fingerprint density at radius 2 is 2.53 bits per heavy atom. The van der Waals surface area contributed by atoms with Gasteiger partial charge in [0, 0.05) is 30.8 Å². The molecule has 0 spiro atoms. The van der Waals surface area contributed by atoms with Crippen molar-refractivity contribution in [3.63, 3.8) is 0 Å². The maximum absolute atomic E-state index is 11.3. The second kappa shape index (κ2) is 6.21. The number of aliphatic carboxylic acids is 1. The Morgan fingerprint density at radius 3 is 3.16 bits per heavy atom. The fraction of sp³-hybridized carbons (Fsp3) is 0.583. The number of hydrogen-bond donors (Lipinski definition) is 1. The third kappa shape index (κ3) is 3.57. The van der Waals surface area contributed by atoms with Gasteiger partial charge in [-0.2, -0.15) is 4.98 Å². The molecule has 104 valence electrons. The molecule has 0 saturated carbocycles. The Kier molecular flexibility index (Phi) is 4.60. The summed E-state index contributed by atoms with van der Waals surface area (Å²) in [5, 5.41) is 9.18. The summed E-state index contributed by atoms with van der Waals surface area (Å²) in [7, 11) is 0. The van der Waals surface area contributed by atoms with E-state index in [9.17, 15) is 9.59 Å². The summed E-state index contributed by atoms with van der Waals surface area (Å²) < 4.78 is 7.23. The quantitative estimate of drug-likeness (QED) is 0.642. The molecule has 0 radical (unpaired) electrons. The summed E-state index contributed by atoms with van der Waals surface area (Å²) in [4.78, 5) is 25.9. The molecule has 6 nitrogen and oxygen atoms in total. The highest BCUT2D eigenvalue weighted by Crippen LogP contribution is 2.28. The van der Waals surface area contributed by atoms with E-state index in [1.165, 1.54) is 6.07 Å². The SMILES string of the molecule is CC(C1CCOC1)n1ccc(=O)nc1SCC(=O)O. The first-order valence-corrected chi connectivity index (χ1v) is 7.08. The van der Waals surface area contributed by atoms with Gasteiger partial charge in [0.25, 0.3) is 5.56 Å². The zero-order valence-electron chi connectivity index (χ0n) is 10.6. The molecule has 1 aromatic rings. The summed E-state index contributed by atoms with van der Waals surface area (Å²) in [6.07, 6.45) is 2.65. The van der Waals surface area contributed by atoms with Crippen molar-refractivity contribution in [3.05, 3.63) is 22.6 Å². The van der Waals surface area contributed by atoms with Crippen LogP contribution < -0.4 is 5.56 Å². The van der Waals surface area contributed by atoms with E-state index >= 15 is 0 Å². The van der Waals surface area contributed by atoms with Crippen molar-refractivity contribution in [2.24, 2.45) is 5.92 Å². The minimum absolute atomic E-state index is 0.107. The van der Waals surface area contributed by atoms with Gasteiger partial charge in [-0.15, -0.1) is 0 Å². The van der Waals surface area contributed by atoms with Crippen LogP contribution in [0.25, 0.3) is 0 Å². The van der Waals surface area contributed by atoms with Crippen LogP contribution >= 0.6 is 11.8 Å². The first kappa shape index (κ1) is 14.1. The lowest BCUT2D eigenvalue weighted by atomic mass is 10.0. The maximum Gasteiger partial charge on any atom is 0.313 e. The average Bonchev–Trinajstić information content (AvgIpc) is 2.89. The van der Waals surface area contributed by atoms with Gasteiger partial charge < -0.3 is 14.4 Å². The van der Waals surface area contributed by atoms with Crippen LogP contribution in [0.1, 0.15) is 19.4 Å². The normalized spacial score (nSPS) is 20.4. The van der Waals surface area contributed by atoms with Gasteiger partial charge in [-0.05, 0) is 13.3 Å². The maximum atomic E-state index is 11.3. The Hall–Kier alpha value is -1.34. The lowest BCUT2D eigenvalue weighted by Gasteiger charge is -2.23. The summed E-state index contributed by atoms with van der Waals surface area (Å²) in [6, 6.07) is 1.53. The molecule has 19 heavy (non-hydrogen) atoms. The van der Waals surface area contributed by atoms with Crippen molar-refractivity contribution in [3.8, 4) is 0 Å². The molecule has 0 aliphatic carbocycles. The lowest BCUT2D eigenvalue weighted by Crippen LogP contribution is -2.22. The molecule has 0 amide bonds. The van der Waals surface area contributed by atoms with Crippen LogP contribution in [0.4, 0.5) is 0 Å². The fourth-order valence-electron chi connectivity index (χ4n) is 2.10. The van der Waals surface area contributed by atoms with Gasteiger partial charge in [-0.25, -0.2) is 0 Å². The second-order valence-electron chi connectivity index (χ2n) is 4.50. The van der Waals surface area contributed by atoms with E-state index in [1.807, 2.05) is 11.5 Å². The molecule has 0 aromatic carbocycles. The minimum Gasteiger partial charge on any atom is -0.481 e. The molecule has 2 rings (SSSR count). The van der Waals surface area contributed by atoms with Crippen LogP contribution in [-0.2, 0) is 9.53 Å². The number of carboxylic acid groups (broad SMARTS) is 1. The molecule has 1 N–H and O–H groups in total. The van der Waals surface area contributed by atoms with Gasteiger partial charge >= 0.3 is 5.97 Å². The molecule has 2 heterocycles. The summed E-state index contributed by atoms with van der Waals surface area (Å²) >= 11 is 1.07. The summed E-state index contributed by atoms with van der Waals surface area (Å²) in [5.74, 6) is -0.662. The smallest absolute Gasteiger partial charge is 0.313 e. The van der Waals surface area contributed by atoms with E-state index in [4.69, 9.17) is 9.84 Å². The van der Waals surface area contributed by atoms with E-state index < -0.39 is 5.97 Å². The number of carbonyl (C=O) groups is 1. The fourth-order valence-corrected chi connectivity index (χ4v) is 2.88. The molecule has 2 unspecified atom stereocenters. The van der Waals surface area contributed by atoms with Crippen molar-refractivity contribution >= 4 is 17.7 Å². The molecule has 1 aliphatic heterocycles. The molecular weight excluding hydrogens is 268 g/mol. The molecule has 1 aromatic heterocycles. The Labute approximate surface area is 114 Å². The van der Waals surface area contributed by atoms with Gasteiger partial charge in [0.1, 0.15) is 0 Å². The minimum atomic E-state index is -0.925. The number of thioether (sulfide) groups is 1. The molecule has 1 aliphatic rings. The largest absolute Gasteiger partial charge is 0.481 e. The average molecular weight is 284 g/mol. The van der Waals surface area contributed by atoms with Crippen LogP contribution in [0, 0.1) is 5.92 Å². The second-order valence-corrected chi connectivity index (χ2v) is 5.44.